The van der Waals surface area contributed by atoms with Crippen molar-refractivity contribution in [2.75, 3.05) is 13.7 Å². The molecule has 2 unspecified atom stereocenters. The van der Waals surface area contributed by atoms with Gasteiger partial charge in [0.25, 0.3) is 0 Å². The Morgan fingerprint density at radius 2 is 2.29 bits per heavy atom. The molecule has 92 valence electrons. The number of ether oxygens (including phenoxy) is 1. The molecule has 2 rings (SSSR count). The number of nitrogens with one attached hydrogen (secondary N) is 1. The quantitative estimate of drug-likeness (QED) is 0.794. The number of aryl methyl sites for hydroxylation is 1. The smallest absolute Gasteiger partial charge is 0.322 e. The molecule has 3 heteroatoms. The van der Waals surface area contributed by atoms with Gasteiger partial charge in [-0.2, -0.15) is 0 Å². The monoisotopic (exact) mass is 233 g/mol. The van der Waals surface area contributed by atoms with Gasteiger partial charge >= 0.3 is 5.97 Å². The van der Waals surface area contributed by atoms with Gasteiger partial charge in [0.05, 0.1) is 7.11 Å². The van der Waals surface area contributed by atoms with Gasteiger partial charge in [-0.15, -0.1) is 0 Å². The first-order valence-corrected chi connectivity index (χ1v) is 6.08. The number of piperidine rings is 1. The van der Waals surface area contributed by atoms with Crippen molar-refractivity contribution in [3.05, 3.63) is 35.4 Å². The van der Waals surface area contributed by atoms with Gasteiger partial charge in [-0.3, -0.25) is 4.79 Å². The van der Waals surface area contributed by atoms with E-state index in [1.165, 1.54) is 18.2 Å². The van der Waals surface area contributed by atoms with Gasteiger partial charge in [0.2, 0.25) is 0 Å². The van der Waals surface area contributed by atoms with Crippen LogP contribution in [0, 0.1) is 6.92 Å². The van der Waals surface area contributed by atoms with E-state index in [1.807, 2.05) is 0 Å². The molecule has 0 saturated carbocycles. The summed E-state index contributed by atoms with van der Waals surface area (Å²) in [5.41, 5.74) is 2.61. The summed E-state index contributed by atoms with van der Waals surface area (Å²) in [6, 6.07) is 8.39. The standard InChI is InChI=1S/C14H19NO2/c1-10-4-3-5-11(8-10)12-6-7-15-13(9-12)14(16)17-2/h3-5,8,12-13,15H,6-7,9H2,1-2H3. The zero-order chi connectivity index (χ0) is 12.3. The molecule has 0 spiro atoms. The second-order valence-electron chi connectivity index (χ2n) is 4.67. The highest BCUT2D eigenvalue weighted by Crippen LogP contribution is 2.28. The SMILES string of the molecule is COC(=O)C1CC(c2cccc(C)c2)CCN1. The minimum absolute atomic E-state index is 0.151. The number of benzene rings is 1. The molecule has 0 radical (unpaired) electrons. The molecule has 1 aliphatic heterocycles. The maximum absolute atomic E-state index is 11.5. The third-order valence-corrected chi connectivity index (χ3v) is 3.40. The van der Waals surface area contributed by atoms with E-state index in [-0.39, 0.29) is 12.0 Å². The lowest BCUT2D eigenvalue weighted by Crippen LogP contribution is -2.43. The topological polar surface area (TPSA) is 38.3 Å². The van der Waals surface area contributed by atoms with Crippen LogP contribution in [-0.4, -0.2) is 25.7 Å². The largest absolute Gasteiger partial charge is 0.468 e. The Morgan fingerprint density at radius 3 is 3.00 bits per heavy atom. The van der Waals surface area contributed by atoms with Crippen LogP contribution in [0.5, 0.6) is 0 Å². The fourth-order valence-corrected chi connectivity index (χ4v) is 2.47. The molecule has 2 atom stereocenters. The summed E-state index contributed by atoms with van der Waals surface area (Å²) in [6.07, 6.45) is 1.91. The van der Waals surface area contributed by atoms with E-state index >= 15 is 0 Å². The van der Waals surface area contributed by atoms with Crippen molar-refractivity contribution in [1.82, 2.24) is 5.32 Å². The number of carbonyl (C=O) groups excluding carboxylic acids is 1. The van der Waals surface area contributed by atoms with Crippen LogP contribution in [0.25, 0.3) is 0 Å². The highest BCUT2D eigenvalue weighted by atomic mass is 16.5. The molecule has 0 aliphatic carbocycles. The molecule has 17 heavy (non-hydrogen) atoms. The predicted octanol–water partition coefficient (Wildman–Crippen LogP) is 2.00. The summed E-state index contributed by atoms with van der Waals surface area (Å²) in [4.78, 5) is 11.5. The molecular weight excluding hydrogens is 214 g/mol. The normalized spacial score (nSPS) is 24.4. The third kappa shape index (κ3) is 2.86. The Balaban J connectivity index is 2.09. The molecule has 0 bridgehead atoms. The van der Waals surface area contributed by atoms with Crippen LogP contribution in [0.2, 0.25) is 0 Å². The Hall–Kier alpha value is -1.35. The first kappa shape index (κ1) is 12.1. The molecule has 0 aromatic heterocycles. The maximum Gasteiger partial charge on any atom is 0.322 e. The van der Waals surface area contributed by atoms with E-state index in [9.17, 15) is 4.79 Å². The number of hydrogen-bond donors (Lipinski definition) is 1. The zero-order valence-corrected chi connectivity index (χ0v) is 10.4. The Morgan fingerprint density at radius 1 is 1.47 bits per heavy atom. The van der Waals surface area contributed by atoms with E-state index in [0.717, 1.165) is 19.4 Å². The van der Waals surface area contributed by atoms with Gasteiger partial charge in [0, 0.05) is 0 Å². The maximum atomic E-state index is 11.5. The molecule has 1 fully saturated rings. The second kappa shape index (κ2) is 5.32. The number of carbonyl (C=O) groups is 1. The molecule has 1 N–H and O–H groups in total. The van der Waals surface area contributed by atoms with Gasteiger partial charge in [0.15, 0.2) is 0 Å². The van der Waals surface area contributed by atoms with E-state index in [4.69, 9.17) is 4.74 Å². The summed E-state index contributed by atoms with van der Waals surface area (Å²) in [7, 11) is 1.44. The van der Waals surface area contributed by atoms with Gasteiger partial charge in [-0.05, 0) is 37.8 Å². The van der Waals surface area contributed by atoms with Crippen LogP contribution >= 0.6 is 0 Å². The minimum Gasteiger partial charge on any atom is -0.468 e. The van der Waals surface area contributed by atoms with Crippen molar-refractivity contribution in [1.29, 1.82) is 0 Å². The molecule has 3 nitrogen and oxygen atoms in total. The van der Waals surface area contributed by atoms with E-state index in [0.29, 0.717) is 5.92 Å². The summed E-state index contributed by atoms with van der Waals surface area (Å²) >= 11 is 0. The number of rotatable bonds is 2. The van der Waals surface area contributed by atoms with Crippen molar-refractivity contribution in [2.45, 2.75) is 31.7 Å². The van der Waals surface area contributed by atoms with Crippen molar-refractivity contribution < 1.29 is 9.53 Å². The van der Waals surface area contributed by atoms with Crippen LogP contribution in [-0.2, 0) is 9.53 Å². The van der Waals surface area contributed by atoms with Gasteiger partial charge in [-0.25, -0.2) is 0 Å². The fourth-order valence-electron chi connectivity index (χ4n) is 2.47. The Labute approximate surface area is 102 Å². The first-order chi connectivity index (χ1) is 8.20. The highest BCUT2D eigenvalue weighted by molar-refractivity contribution is 5.75. The Bertz CT molecular complexity index is 403. The number of hydrogen-bond acceptors (Lipinski definition) is 3. The number of methoxy groups -OCH3 is 1. The first-order valence-electron chi connectivity index (χ1n) is 6.08. The van der Waals surface area contributed by atoms with Crippen LogP contribution in [0.1, 0.15) is 29.9 Å². The van der Waals surface area contributed by atoms with E-state index in [1.54, 1.807) is 0 Å². The lowest BCUT2D eigenvalue weighted by molar-refractivity contribution is -0.143. The molecule has 1 aliphatic rings. The van der Waals surface area contributed by atoms with Crippen molar-refractivity contribution in [3.63, 3.8) is 0 Å². The van der Waals surface area contributed by atoms with Gasteiger partial charge < -0.3 is 10.1 Å². The summed E-state index contributed by atoms with van der Waals surface area (Å²) in [5.74, 6) is 0.308. The molecule has 1 saturated heterocycles. The molecule has 1 aromatic rings. The summed E-state index contributed by atoms with van der Waals surface area (Å²) in [5, 5.41) is 3.21. The van der Waals surface area contributed by atoms with Crippen LogP contribution in [0.4, 0.5) is 0 Å². The third-order valence-electron chi connectivity index (χ3n) is 3.40. The summed E-state index contributed by atoms with van der Waals surface area (Å²) in [6.45, 7) is 2.97. The molecule has 1 aromatic carbocycles. The molecule has 0 amide bonds. The van der Waals surface area contributed by atoms with Crippen LogP contribution < -0.4 is 5.32 Å². The fraction of sp³-hybridized carbons (Fsp3) is 0.500. The minimum atomic E-state index is -0.153. The van der Waals surface area contributed by atoms with Crippen molar-refractivity contribution >= 4 is 5.97 Å². The lowest BCUT2D eigenvalue weighted by atomic mass is 9.86. The average molecular weight is 233 g/mol. The van der Waals surface area contributed by atoms with Gasteiger partial charge in [-0.1, -0.05) is 29.8 Å². The average Bonchev–Trinajstić information content (AvgIpc) is 2.38. The highest BCUT2D eigenvalue weighted by Gasteiger charge is 2.28. The second-order valence-corrected chi connectivity index (χ2v) is 4.67. The predicted molar refractivity (Wildman–Crippen MR) is 67.0 cm³/mol. The molecular formula is C14H19NO2. The van der Waals surface area contributed by atoms with Gasteiger partial charge in [0.1, 0.15) is 6.04 Å². The van der Waals surface area contributed by atoms with E-state index < -0.39 is 0 Å². The zero-order valence-electron chi connectivity index (χ0n) is 10.4. The van der Waals surface area contributed by atoms with Crippen LogP contribution in [0.3, 0.4) is 0 Å². The van der Waals surface area contributed by atoms with Crippen molar-refractivity contribution in [3.8, 4) is 0 Å². The van der Waals surface area contributed by atoms with Crippen LogP contribution in [0.15, 0.2) is 24.3 Å². The Kier molecular flexibility index (Phi) is 3.79. The number of esters is 1. The van der Waals surface area contributed by atoms with Crippen molar-refractivity contribution in [2.24, 2.45) is 0 Å². The lowest BCUT2D eigenvalue weighted by Gasteiger charge is -2.29. The molecule has 1 heterocycles. The van der Waals surface area contributed by atoms with E-state index in [2.05, 4.69) is 36.5 Å². The summed E-state index contributed by atoms with van der Waals surface area (Å²) < 4.78 is 4.80.